The summed E-state index contributed by atoms with van der Waals surface area (Å²) in [5.74, 6) is -0.341. The molecule has 0 saturated carbocycles. The smallest absolute Gasteiger partial charge is 0.225 e. The molecule has 0 aliphatic heterocycles. The second kappa shape index (κ2) is 6.41. The molecule has 1 rings (SSSR count). The van der Waals surface area contributed by atoms with Crippen molar-refractivity contribution >= 4 is 39.5 Å². The fourth-order valence-corrected chi connectivity index (χ4v) is 3.11. The number of hydrogen-bond acceptors (Lipinski definition) is 5. The van der Waals surface area contributed by atoms with E-state index in [1.165, 1.54) is 18.4 Å². The molecule has 102 valence electrons. The summed E-state index contributed by atoms with van der Waals surface area (Å²) in [5.41, 5.74) is 0.878. The first kappa shape index (κ1) is 15.3. The van der Waals surface area contributed by atoms with E-state index in [9.17, 15) is 13.2 Å². The largest absolute Gasteiger partial charge is 0.355 e. The lowest BCUT2D eigenvalue weighted by Gasteiger charge is -2.05. The molecule has 0 unspecified atom stereocenters. The van der Waals surface area contributed by atoms with E-state index >= 15 is 0 Å². The van der Waals surface area contributed by atoms with Crippen LogP contribution in [0.4, 0.5) is 0 Å². The summed E-state index contributed by atoms with van der Waals surface area (Å²) >= 11 is 6.32. The molecule has 0 spiro atoms. The Morgan fingerprint density at radius 3 is 2.67 bits per heavy atom. The zero-order valence-electron chi connectivity index (χ0n) is 10.1. The monoisotopic (exact) mass is 309 g/mol. The van der Waals surface area contributed by atoms with Crippen molar-refractivity contribution in [3.8, 4) is 0 Å². The summed E-state index contributed by atoms with van der Waals surface area (Å²) in [6.07, 6.45) is 0.212. The third-order valence-electron chi connectivity index (χ3n) is 2.25. The number of carbonyl (C=O) groups is 1. The minimum Gasteiger partial charge on any atom is -0.355 e. The quantitative estimate of drug-likeness (QED) is 0.660. The van der Waals surface area contributed by atoms with Gasteiger partial charge in [0, 0.05) is 17.1 Å². The SMILES string of the molecule is CNS(=O)(=O)CCNC(=O)Cc1sc(=S)[nH]c1C. The van der Waals surface area contributed by atoms with Crippen LogP contribution in [-0.4, -0.2) is 38.7 Å². The van der Waals surface area contributed by atoms with Crippen molar-refractivity contribution in [2.45, 2.75) is 13.3 Å². The second-order valence-electron chi connectivity index (χ2n) is 3.61. The average Bonchev–Trinajstić information content (AvgIpc) is 2.57. The number of carbonyl (C=O) groups excluding carboxylic acids is 1. The van der Waals surface area contributed by atoms with Crippen molar-refractivity contribution < 1.29 is 13.2 Å². The van der Waals surface area contributed by atoms with Crippen molar-refractivity contribution in [3.63, 3.8) is 0 Å². The van der Waals surface area contributed by atoms with Gasteiger partial charge in [0.15, 0.2) is 3.95 Å². The summed E-state index contributed by atoms with van der Waals surface area (Å²) in [6.45, 7) is 1.94. The van der Waals surface area contributed by atoms with Crippen molar-refractivity contribution in [2.24, 2.45) is 0 Å². The fourth-order valence-electron chi connectivity index (χ4n) is 1.24. The molecule has 9 heteroatoms. The Morgan fingerprint density at radius 1 is 1.50 bits per heavy atom. The number of nitrogens with one attached hydrogen (secondary N) is 3. The van der Waals surface area contributed by atoms with Gasteiger partial charge in [0.05, 0.1) is 12.2 Å². The maximum absolute atomic E-state index is 11.6. The first-order valence-electron chi connectivity index (χ1n) is 5.20. The van der Waals surface area contributed by atoms with Crippen molar-refractivity contribution in [1.82, 2.24) is 15.0 Å². The van der Waals surface area contributed by atoms with Crippen LogP contribution in [-0.2, 0) is 21.2 Å². The first-order chi connectivity index (χ1) is 8.34. The number of aromatic amines is 1. The molecule has 0 radical (unpaired) electrons. The standard InChI is InChI=1S/C9H15N3O3S3/c1-6-7(17-9(16)12-6)5-8(13)11-3-4-18(14,15)10-2/h10H,3-5H2,1-2H3,(H,11,13)(H,12,16). The van der Waals surface area contributed by atoms with Crippen LogP contribution in [0.5, 0.6) is 0 Å². The second-order valence-corrected chi connectivity index (χ2v) is 7.43. The molecule has 6 nitrogen and oxygen atoms in total. The van der Waals surface area contributed by atoms with Gasteiger partial charge in [0.1, 0.15) is 0 Å². The molecule has 0 aliphatic carbocycles. The Kier molecular flexibility index (Phi) is 5.45. The number of rotatable bonds is 6. The summed E-state index contributed by atoms with van der Waals surface area (Å²) in [5, 5.41) is 2.56. The highest BCUT2D eigenvalue weighted by molar-refractivity contribution is 7.89. The van der Waals surface area contributed by atoms with E-state index < -0.39 is 10.0 Å². The van der Waals surface area contributed by atoms with E-state index in [0.29, 0.717) is 3.95 Å². The molecule has 1 amide bonds. The highest BCUT2D eigenvalue weighted by Crippen LogP contribution is 2.14. The molecule has 0 aromatic carbocycles. The molecular weight excluding hydrogens is 294 g/mol. The molecule has 18 heavy (non-hydrogen) atoms. The van der Waals surface area contributed by atoms with Gasteiger partial charge >= 0.3 is 0 Å². The molecule has 1 heterocycles. The number of sulfonamides is 1. The van der Waals surface area contributed by atoms with Crippen LogP contribution in [0.15, 0.2) is 0 Å². The van der Waals surface area contributed by atoms with Crippen LogP contribution < -0.4 is 10.0 Å². The Hall–Kier alpha value is -0.770. The van der Waals surface area contributed by atoms with E-state index in [2.05, 4.69) is 15.0 Å². The average molecular weight is 309 g/mol. The molecule has 0 bridgehead atoms. The van der Waals surface area contributed by atoms with Crippen LogP contribution in [0.25, 0.3) is 0 Å². The van der Waals surface area contributed by atoms with Gasteiger partial charge in [-0.05, 0) is 26.2 Å². The lowest BCUT2D eigenvalue weighted by Crippen LogP contribution is -2.33. The van der Waals surface area contributed by atoms with Crippen molar-refractivity contribution in [2.75, 3.05) is 19.3 Å². The molecule has 0 saturated heterocycles. The number of H-pyrrole nitrogens is 1. The third-order valence-corrected chi connectivity index (χ3v) is 4.95. The summed E-state index contributed by atoms with van der Waals surface area (Å²) in [4.78, 5) is 15.4. The number of hydrogen-bond donors (Lipinski definition) is 3. The van der Waals surface area contributed by atoms with Gasteiger partial charge in [-0.3, -0.25) is 4.79 Å². The van der Waals surface area contributed by atoms with E-state index in [1.54, 1.807) is 0 Å². The molecule has 3 N–H and O–H groups in total. The van der Waals surface area contributed by atoms with Gasteiger partial charge in [-0.15, -0.1) is 11.3 Å². The third kappa shape index (κ3) is 4.84. The van der Waals surface area contributed by atoms with Gasteiger partial charge in [-0.1, -0.05) is 0 Å². The Labute approximate surface area is 115 Å². The van der Waals surface area contributed by atoms with Crippen molar-refractivity contribution in [1.29, 1.82) is 0 Å². The van der Waals surface area contributed by atoms with Gasteiger partial charge < -0.3 is 10.3 Å². The van der Waals surface area contributed by atoms with E-state index in [-0.39, 0.29) is 24.6 Å². The number of thiazole rings is 1. The summed E-state index contributed by atoms with van der Waals surface area (Å²) < 4.78 is 25.0. The molecule has 0 fully saturated rings. The molecule has 0 aliphatic rings. The normalized spacial score (nSPS) is 11.4. The highest BCUT2D eigenvalue weighted by Gasteiger charge is 2.10. The molecular formula is C9H15N3O3S3. The summed E-state index contributed by atoms with van der Waals surface area (Å²) in [6, 6.07) is 0. The van der Waals surface area contributed by atoms with Gasteiger partial charge in [-0.25, -0.2) is 13.1 Å². The predicted octanol–water partition coefficient (Wildman–Crippen LogP) is 0.322. The van der Waals surface area contributed by atoms with Crippen LogP contribution in [0.1, 0.15) is 10.6 Å². The Bertz CT molecular complexity index is 573. The molecule has 1 aromatic heterocycles. The van der Waals surface area contributed by atoms with Gasteiger partial charge in [-0.2, -0.15) is 0 Å². The van der Waals surface area contributed by atoms with Crippen LogP contribution in [0.2, 0.25) is 0 Å². The number of amides is 1. The van der Waals surface area contributed by atoms with E-state index in [1.807, 2.05) is 6.92 Å². The number of aryl methyl sites for hydroxylation is 1. The number of aromatic nitrogens is 1. The first-order valence-corrected chi connectivity index (χ1v) is 8.08. The van der Waals surface area contributed by atoms with Crippen LogP contribution in [0, 0.1) is 10.9 Å². The molecule has 1 aromatic rings. The van der Waals surface area contributed by atoms with Crippen molar-refractivity contribution in [3.05, 3.63) is 14.5 Å². The van der Waals surface area contributed by atoms with E-state index in [4.69, 9.17) is 12.2 Å². The maximum Gasteiger partial charge on any atom is 0.225 e. The zero-order chi connectivity index (χ0) is 13.8. The van der Waals surface area contributed by atoms with Crippen LogP contribution >= 0.6 is 23.6 Å². The predicted molar refractivity (Wildman–Crippen MR) is 73.8 cm³/mol. The Balaban J connectivity index is 2.44. The van der Waals surface area contributed by atoms with Gasteiger partial charge in [0.2, 0.25) is 15.9 Å². The highest BCUT2D eigenvalue weighted by atomic mass is 32.2. The van der Waals surface area contributed by atoms with Gasteiger partial charge in [0.25, 0.3) is 0 Å². The zero-order valence-corrected chi connectivity index (χ0v) is 12.5. The van der Waals surface area contributed by atoms with E-state index in [0.717, 1.165) is 10.6 Å². The lowest BCUT2D eigenvalue weighted by atomic mass is 10.3. The van der Waals surface area contributed by atoms with Crippen LogP contribution in [0.3, 0.4) is 0 Å². The Morgan fingerprint density at radius 2 is 2.17 bits per heavy atom. The summed E-state index contributed by atoms with van der Waals surface area (Å²) in [7, 11) is -1.94. The topological polar surface area (TPSA) is 91.1 Å². The molecule has 0 atom stereocenters. The minimum absolute atomic E-state index is 0.0941. The maximum atomic E-state index is 11.6. The minimum atomic E-state index is -3.28. The fraction of sp³-hybridized carbons (Fsp3) is 0.556. The lowest BCUT2D eigenvalue weighted by molar-refractivity contribution is -0.120.